The minimum atomic E-state index is -0.342. The van der Waals surface area contributed by atoms with Gasteiger partial charge in [0.15, 0.2) is 0 Å². The molecule has 0 radical (unpaired) electrons. The lowest BCUT2D eigenvalue weighted by molar-refractivity contribution is 0.0737. The number of hydrogen-bond donors (Lipinski definition) is 0. The second-order valence-electron chi connectivity index (χ2n) is 6.11. The maximum absolute atomic E-state index is 13.7. The van der Waals surface area contributed by atoms with Crippen molar-refractivity contribution in [3.05, 3.63) is 41.0 Å². The smallest absolute Gasteiger partial charge is 0.296 e. The highest BCUT2D eigenvalue weighted by Crippen LogP contribution is 2.25. The van der Waals surface area contributed by atoms with Crippen molar-refractivity contribution >= 4 is 5.91 Å². The summed E-state index contributed by atoms with van der Waals surface area (Å²) in [5.74, 6) is -0.576. The lowest BCUT2D eigenvalue weighted by atomic mass is 10.1. The van der Waals surface area contributed by atoms with Crippen LogP contribution in [0.25, 0.3) is 0 Å². The molecule has 1 aliphatic heterocycles. The molecule has 1 aromatic heterocycles. The van der Waals surface area contributed by atoms with Gasteiger partial charge in [-0.2, -0.15) is 4.80 Å². The Hall–Kier alpha value is -2.31. The number of tetrazole rings is 1. The number of fused-ring (bicyclic) bond motifs is 1. The van der Waals surface area contributed by atoms with E-state index >= 15 is 0 Å². The highest BCUT2D eigenvalue weighted by molar-refractivity contribution is 5.90. The van der Waals surface area contributed by atoms with Gasteiger partial charge in [0.05, 0.1) is 5.54 Å². The molecule has 2 aromatic rings. The largest absolute Gasteiger partial charge is 0.327 e. The van der Waals surface area contributed by atoms with Gasteiger partial charge in [-0.25, -0.2) is 4.39 Å². The first kappa shape index (κ1) is 13.7. The molecule has 6 nitrogen and oxygen atoms in total. The number of nitrogens with zero attached hydrogens (tertiary/aromatic N) is 5. The lowest BCUT2D eigenvalue weighted by Gasteiger charge is -2.15. The maximum Gasteiger partial charge on any atom is 0.296 e. The monoisotopic (exact) mass is 289 g/mol. The molecule has 0 bridgehead atoms. The van der Waals surface area contributed by atoms with Crippen LogP contribution in [0.4, 0.5) is 4.39 Å². The quantitative estimate of drug-likeness (QED) is 0.802. The van der Waals surface area contributed by atoms with E-state index in [-0.39, 0.29) is 29.6 Å². The Morgan fingerprint density at radius 3 is 2.67 bits per heavy atom. The van der Waals surface area contributed by atoms with Gasteiger partial charge in [0.25, 0.3) is 11.7 Å². The molecule has 1 amide bonds. The number of rotatable bonds is 1. The van der Waals surface area contributed by atoms with Gasteiger partial charge in [0.2, 0.25) is 0 Å². The number of benzene rings is 1. The molecule has 0 aliphatic carbocycles. The lowest BCUT2D eigenvalue weighted by Crippen LogP contribution is -2.28. The van der Waals surface area contributed by atoms with E-state index in [2.05, 4.69) is 15.4 Å². The van der Waals surface area contributed by atoms with Gasteiger partial charge in [-0.1, -0.05) is 12.1 Å². The second-order valence-corrected chi connectivity index (χ2v) is 6.11. The zero-order valence-corrected chi connectivity index (χ0v) is 12.2. The molecular formula is C14H16FN5O. The summed E-state index contributed by atoms with van der Waals surface area (Å²) in [4.78, 5) is 15.3. The Morgan fingerprint density at radius 1 is 1.29 bits per heavy atom. The first-order valence-corrected chi connectivity index (χ1v) is 6.72. The molecule has 2 heterocycles. The Balaban J connectivity index is 1.82. The molecule has 110 valence electrons. The Morgan fingerprint density at radius 2 is 2.05 bits per heavy atom. The molecule has 1 aliphatic rings. The zero-order chi connectivity index (χ0) is 15.2. The standard InChI is InChI=1S/C14H16FN5O/c1-14(2,3)20-17-12(16-18-20)13(21)19-7-9-5-4-6-11(15)10(9)8-19/h4-6H,7-8H2,1-3H3. The summed E-state index contributed by atoms with van der Waals surface area (Å²) in [5, 5.41) is 11.8. The van der Waals surface area contributed by atoms with E-state index in [4.69, 9.17) is 0 Å². The van der Waals surface area contributed by atoms with Crippen molar-refractivity contribution in [1.82, 2.24) is 25.1 Å². The van der Waals surface area contributed by atoms with Crippen molar-refractivity contribution in [2.75, 3.05) is 0 Å². The van der Waals surface area contributed by atoms with Crippen LogP contribution in [-0.4, -0.2) is 31.0 Å². The average Bonchev–Trinajstić information content (AvgIpc) is 3.05. The molecular weight excluding hydrogens is 273 g/mol. The summed E-state index contributed by atoms with van der Waals surface area (Å²) in [7, 11) is 0. The minimum absolute atomic E-state index is 0.0399. The van der Waals surface area contributed by atoms with Crippen molar-refractivity contribution < 1.29 is 9.18 Å². The first-order valence-electron chi connectivity index (χ1n) is 6.72. The van der Waals surface area contributed by atoms with Crippen LogP contribution in [0.3, 0.4) is 0 Å². The normalized spacial score (nSPS) is 14.4. The number of carbonyl (C=O) groups is 1. The van der Waals surface area contributed by atoms with Crippen LogP contribution >= 0.6 is 0 Å². The summed E-state index contributed by atoms with van der Waals surface area (Å²) in [6.07, 6.45) is 0. The third kappa shape index (κ3) is 2.39. The highest BCUT2D eigenvalue weighted by atomic mass is 19.1. The van der Waals surface area contributed by atoms with Crippen molar-refractivity contribution in [2.24, 2.45) is 0 Å². The van der Waals surface area contributed by atoms with E-state index in [1.807, 2.05) is 26.8 Å². The Bertz CT molecular complexity index is 704. The summed E-state index contributed by atoms with van der Waals surface area (Å²) in [6, 6.07) is 4.88. The van der Waals surface area contributed by atoms with Crippen LogP contribution in [-0.2, 0) is 18.6 Å². The van der Waals surface area contributed by atoms with Crippen LogP contribution in [0.5, 0.6) is 0 Å². The molecule has 0 saturated heterocycles. The van der Waals surface area contributed by atoms with E-state index in [0.29, 0.717) is 12.1 Å². The van der Waals surface area contributed by atoms with Gasteiger partial charge in [-0.3, -0.25) is 4.79 Å². The molecule has 0 N–H and O–H groups in total. The topological polar surface area (TPSA) is 63.9 Å². The summed E-state index contributed by atoms with van der Waals surface area (Å²) >= 11 is 0. The molecule has 0 atom stereocenters. The fraction of sp³-hybridized carbons (Fsp3) is 0.429. The number of amides is 1. The van der Waals surface area contributed by atoms with Crippen molar-refractivity contribution in [1.29, 1.82) is 0 Å². The van der Waals surface area contributed by atoms with Gasteiger partial charge >= 0.3 is 0 Å². The number of carbonyl (C=O) groups excluding carboxylic acids is 1. The van der Waals surface area contributed by atoms with Crippen LogP contribution in [0, 0.1) is 5.82 Å². The summed E-state index contributed by atoms with van der Waals surface area (Å²) in [5.41, 5.74) is 1.05. The van der Waals surface area contributed by atoms with E-state index in [1.165, 1.54) is 15.8 Å². The van der Waals surface area contributed by atoms with Gasteiger partial charge in [0, 0.05) is 18.7 Å². The van der Waals surface area contributed by atoms with Gasteiger partial charge in [0.1, 0.15) is 5.82 Å². The van der Waals surface area contributed by atoms with Gasteiger partial charge < -0.3 is 4.90 Å². The Kier molecular flexibility index (Phi) is 3.00. The van der Waals surface area contributed by atoms with Crippen LogP contribution < -0.4 is 0 Å². The minimum Gasteiger partial charge on any atom is -0.327 e. The number of halogens is 1. The SMILES string of the molecule is CC(C)(C)n1nnc(C(=O)N2Cc3cccc(F)c3C2)n1. The molecule has 3 rings (SSSR count). The van der Waals surface area contributed by atoms with Crippen LogP contribution in [0.15, 0.2) is 18.2 Å². The maximum atomic E-state index is 13.7. The fourth-order valence-corrected chi connectivity index (χ4v) is 2.25. The van der Waals surface area contributed by atoms with E-state index in [9.17, 15) is 9.18 Å². The number of hydrogen-bond acceptors (Lipinski definition) is 4. The zero-order valence-electron chi connectivity index (χ0n) is 12.2. The fourth-order valence-electron chi connectivity index (χ4n) is 2.25. The van der Waals surface area contributed by atoms with Crippen LogP contribution in [0.1, 0.15) is 42.5 Å². The van der Waals surface area contributed by atoms with E-state index < -0.39 is 0 Å². The van der Waals surface area contributed by atoms with E-state index in [1.54, 1.807) is 6.07 Å². The van der Waals surface area contributed by atoms with Gasteiger partial charge in [-0.05, 0) is 37.6 Å². The third-order valence-corrected chi connectivity index (χ3v) is 3.42. The summed E-state index contributed by atoms with van der Waals surface area (Å²) in [6.45, 7) is 6.37. The molecule has 1 aromatic carbocycles. The molecule has 0 saturated carbocycles. The first-order chi connectivity index (χ1) is 9.86. The molecule has 0 spiro atoms. The van der Waals surface area contributed by atoms with Gasteiger partial charge in [-0.15, -0.1) is 10.2 Å². The molecule has 7 heteroatoms. The number of aromatic nitrogens is 4. The molecule has 0 fully saturated rings. The second kappa shape index (κ2) is 4.61. The Labute approximate surface area is 121 Å². The molecule has 21 heavy (non-hydrogen) atoms. The summed E-state index contributed by atoms with van der Waals surface area (Å²) < 4.78 is 13.7. The van der Waals surface area contributed by atoms with Crippen molar-refractivity contribution in [3.8, 4) is 0 Å². The molecule has 0 unspecified atom stereocenters. The average molecular weight is 289 g/mol. The van der Waals surface area contributed by atoms with Crippen molar-refractivity contribution in [3.63, 3.8) is 0 Å². The van der Waals surface area contributed by atoms with E-state index in [0.717, 1.165) is 5.56 Å². The predicted molar refractivity (Wildman–Crippen MR) is 72.8 cm³/mol. The highest BCUT2D eigenvalue weighted by Gasteiger charge is 2.29. The van der Waals surface area contributed by atoms with Crippen LogP contribution in [0.2, 0.25) is 0 Å². The third-order valence-electron chi connectivity index (χ3n) is 3.42. The van der Waals surface area contributed by atoms with Crippen molar-refractivity contribution in [2.45, 2.75) is 39.4 Å². The predicted octanol–water partition coefficient (Wildman–Crippen LogP) is 1.72.